The first-order chi connectivity index (χ1) is 12.1. The fourth-order valence-electron chi connectivity index (χ4n) is 3.48. The SMILES string of the molecule is CCC(=O)Nc1ccc(Cl)c(NC(=O)N2CCO[C@H]3CCCC[C@H]32)c1. The molecule has 3 rings (SSSR count). The predicted octanol–water partition coefficient (Wildman–Crippen LogP) is 3.86. The van der Waals surface area contributed by atoms with E-state index in [1.165, 1.54) is 0 Å². The molecule has 0 bridgehead atoms. The lowest BCUT2D eigenvalue weighted by atomic mass is 9.90. The fraction of sp³-hybridized carbons (Fsp3) is 0.556. The highest BCUT2D eigenvalue weighted by Crippen LogP contribution is 2.30. The molecule has 0 unspecified atom stereocenters. The number of halogens is 1. The topological polar surface area (TPSA) is 70.7 Å². The number of carbonyl (C=O) groups is 2. The monoisotopic (exact) mass is 365 g/mol. The van der Waals surface area contributed by atoms with E-state index in [0.29, 0.717) is 36.0 Å². The zero-order valence-corrected chi connectivity index (χ0v) is 15.1. The van der Waals surface area contributed by atoms with Crippen LogP contribution >= 0.6 is 11.6 Å². The Balaban J connectivity index is 1.71. The molecule has 0 spiro atoms. The normalized spacial score (nSPS) is 22.9. The van der Waals surface area contributed by atoms with Gasteiger partial charge in [-0.15, -0.1) is 0 Å². The lowest BCUT2D eigenvalue weighted by molar-refractivity contribution is -0.115. The molecule has 6 nitrogen and oxygen atoms in total. The Kier molecular flexibility index (Phi) is 5.81. The molecule has 1 aromatic rings. The number of benzene rings is 1. The third-order valence-electron chi connectivity index (χ3n) is 4.81. The number of hydrogen-bond donors (Lipinski definition) is 2. The smallest absolute Gasteiger partial charge is 0.322 e. The molecule has 0 radical (unpaired) electrons. The summed E-state index contributed by atoms with van der Waals surface area (Å²) in [5.41, 5.74) is 1.11. The van der Waals surface area contributed by atoms with Crippen LogP contribution in [-0.2, 0) is 9.53 Å². The maximum atomic E-state index is 12.8. The summed E-state index contributed by atoms with van der Waals surface area (Å²) in [6.07, 6.45) is 4.78. The van der Waals surface area contributed by atoms with Crippen molar-refractivity contribution in [2.75, 3.05) is 23.8 Å². The number of carbonyl (C=O) groups excluding carboxylic acids is 2. The van der Waals surface area contributed by atoms with Gasteiger partial charge in [-0.1, -0.05) is 31.4 Å². The quantitative estimate of drug-likeness (QED) is 0.854. The summed E-state index contributed by atoms with van der Waals surface area (Å²) >= 11 is 6.22. The molecule has 1 saturated heterocycles. The zero-order chi connectivity index (χ0) is 17.8. The van der Waals surface area contributed by atoms with Gasteiger partial charge in [0.1, 0.15) is 0 Å². The first-order valence-corrected chi connectivity index (χ1v) is 9.25. The second-order valence-electron chi connectivity index (χ2n) is 6.48. The number of ether oxygens (including phenoxy) is 1. The third-order valence-corrected chi connectivity index (χ3v) is 5.14. The Bertz CT molecular complexity index is 650. The number of urea groups is 1. The van der Waals surface area contributed by atoms with Crippen LogP contribution in [0.1, 0.15) is 39.0 Å². The van der Waals surface area contributed by atoms with E-state index in [1.54, 1.807) is 25.1 Å². The fourth-order valence-corrected chi connectivity index (χ4v) is 3.65. The Morgan fingerprint density at radius 3 is 2.88 bits per heavy atom. The third kappa shape index (κ3) is 4.25. The number of amides is 3. The molecule has 1 heterocycles. The predicted molar refractivity (Wildman–Crippen MR) is 98.1 cm³/mol. The molecule has 136 valence electrons. The van der Waals surface area contributed by atoms with Gasteiger partial charge in [0.25, 0.3) is 0 Å². The summed E-state index contributed by atoms with van der Waals surface area (Å²) in [5.74, 6) is -0.0853. The molecule has 1 aliphatic carbocycles. The number of nitrogens with one attached hydrogen (secondary N) is 2. The summed E-state index contributed by atoms with van der Waals surface area (Å²) < 4.78 is 5.82. The van der Waals surface area contributed by atoms with Crippen molar-refractivity contribution in [1.82, 2.24) is 4.90 Å². The van der Waals surface area contributed by atoms with Gasteiger partial charge in [0.15, 0.2) is 0 Å². The summed E-state index contributed by atoms with van der Waals surface area (Å²) in [6, 6.07) is 5.04. The summed E-state index contributed by atoms with van der Waals surface area (Å²) in [5, 5.41) is 6.11. The molecule has 2 atom stereocenters. The van der Waals surface area contributed by atoms with Crippen LogP contribution < -0.4 is 10.6 Å². The van der Waals surface area contributed by atoms with Crippen molar-refractivity contribution in [2.45, 2.75) is 51.2 Å². The van der Waals surface area contributed by atoms with Crippen LogP contribution in [0.5, 0.6) is 0 Å². The number of nitrogens with zero attached hydrogens (tertiary/aromatic N) is 1. The molecule has 2 N–H and O–H groups in total. The van der Waals surface area contributed by atoms with Crippen LogP contribution in [0.25, 0.3) is 0 Å². The number of morpholine rings is 1. The minimum absolute atomic E-state index is 0.0853. The molecule has 3 amide bonds. The molecular weight excluding hydrogens is 342 g/mol. The van der Waals surface area contributed by atoms with Gasteiger partial charge in [0.05, 0.1) is 29.5 Å². The van der Waals surface area contributed by atoms with Crippen molar-refractivity contribution in [3.05, 3.63) is 23.2 Å². The van der Waals surface area contributed by atoms with Crippen molar-refractivity contribution >= 4 is 34.9 Å². The minimum atomic E-state index is -0.166. The average Bonchev–Trinajstić information content (AvgIpc) is 2.63. The lowest BCUT2D eigenvalue weighted by Gasteiger charge is -2.43. The second-order valence-corrected chi connectivity index (χ2v) is 6.89. The summed E-state index contributed by atoms with van der Waals surface area (Å²) in [6.45, 7) is 2.93. The maximum Gasteiger partial charge on any atom is 0.322 e. The highest BCUT2D eigenvalue weighted by atomic mass is 35.5. The molecule has 2 fully saturated rings. The van der Waals surface area contributed by atoms with E-state index in [0.717, 1.165) is 25.7 Å². The van der Waals surface area contributed by atoms with Crippen LogP contribution in [0.2, 0.25) is 5.02 Å². The van der Waals surface area contributed by atoms with Crippen LogP contribution in [0.4, 0.5) is 16.2 Å². The first kappa shape index (κ1) is 18.0. The van der Waals surface area contributed by atoms with Crippen LogP contribution in [0.3, 0.4) is 0 Å². The van der Waals surface area contributed by atoms with E-state index in [-0.39, 0.29) is 24.1 Å². The standard InChI is InChI=1S/C18H24ClN3O3/c1-2-17(23)20-12-7-8-13(19)14(11-12)21-18(24)22-9-10-25-16-6-4-3-5-15(16)22/h7-8,11,15-16H,2-6,9-10H2,1H3,(H,20,23)(H,21,24)/t15-,16+/m1/s1. The van der Waals surface area contributed by atoms with Gasteiger partial charge in [-0.3, -0.25) is 4.79 Å². The molecule has 1 aromatic carbocycles. The highest BCUT2D eigenvalue weighted by molar-refractivity contribution is 6.33. The largest absolute Gasteiger partial charge is 0.374 e. The van der Waals surface area contributed by atoms with E-state index >= 15 is 0 Å². The first-order valence-electron chi connectivity index (χ1n) is 8.87. The Hall–Kier alpha value is -1.79. The minimum Gasteiger partial charge on any atom is -0.374 e. The maximum absolute atomic E-state index is 12.8. The number of hydrogen-bond acceptors (Lipinski definition) is 3. The van der Waals surface area contributed by atoms with Crippen molar-refractivity contribution in [3.8, 4) is 0 Å². The number of rotatable bonds is 3. The Morgan fingerprint density at radius 2 is 2.08 bits per heavy atom. The number of fused-ring (bicyclic) bond motifs is 1. The molecule has 0 aromatic heterocycles. The van der Waals surface area contributed by atoms with Gasteiger partial charge >= 0.3 is 6.03 Å². The van der Waals surface area contributed by atoms with Crippen LogP contribution in [-0.4, -0.2) is 42.1 Å². The van der Waals surface area contributed by atoms with Gasteiger partial charge in [0, 0.05) is 18.7 Å². The van der Waals surface area contributed by atoms with E-state index in [2.05, 4.69) is 10.6 Å². The van der Waals surface area contributed by atoms with Gasteiger partial charge in [-0.2, -0.15) is 0 Å². The summed E-state index contributed by atoms with van der Waals surface area (Å²) in [4.78, 5) is 26.2. The number of anilines is 2. The second kappa shape index (κ2) is 8.06. The van der Waals surface area contributed by atoms with E-state index in [9.17, 15) is 9.59 Å². The van der Waals surface area contributed by atoms with Gasteiger partial charge in [0.2, 0.25) is 5.91 Å². The van der Waals surface area contributed by atoms with E-state index < -0.39 is 0 Å². The van der Waals surface area contributed by atoms with Crippen molar-refractivity contribution in [1.29, 1.82) is 0 Å². The molecule has 25 heavy (non-hydrogen) atoms. The Morgan fingerprint density at radius 1 is 1.28 bits per heavy atom. The summed E-state index contributed by atoms with van der Waals surface area (Å²) in [7, 11) is 0. The molecular formula is C18H24ClN3O3. The van der Waals surface area contributed by atoms with E-state index in [1.807, 2.05) is 4.90 Å². The van der Waals surface area contributed by atoms with Crippen molar-refractivity contribution in [3.63, 3.8) is 0 Å². The highest BCUT2D eigenvalue weighted by Gasteiger charge is 2.36. The molecule has 1 saturated carbocycles. The van der Waals surface area contributed by atoms with E-state index in [4.69, 9.17) is 16.3 Å². The average molecular weight is 366 g/mol. The van der Waals surface area contributed by atoms with Gasteiger partial charge < -0.3 is 20.3 Å². The van der Waals surface area contributed by atoms with Crippen LogP contribution in [0.15, 0.2) is 18.2 Å². The van der Waals surface area contributed by atoms with Crippen molar-refractivity contribution in [2.24, 2.45) is 0 Å². The van der Waals surface area contributed by atoms with Crippen molar-refractivity contribution < 1.29 is 14.3 Å². The van der Waals surface area contributed by atoms with Gasteiger partial charge in [-0.25, -0.2) is 4.79 Å². The van der Waals surface area contributed by atoms with Crippen LogP contribution in [0, 0.1) is 0 Å². The zero-order valence-electron chi connectivity index (χ0n) is 14.4. The lowest BCUT2D eigenvalue weighted by Crippen LogP contribution is -2.56. The molecule has 2 aliphatic rings. The Labute approximate surface area is 152 Å². The molecule has 1 aliphatic heterocycles. The van der Waals surface area contributed by atoms with Gasteiger partial charge in [-0.05, 0) is 31.0 Å². The molecule has 7 heteroatoms.